The van der Waals surface area contributed by atoms with Crippen LogP contribution in [0, 0.1) is 34.2 Å². The number of hydrogen-bond donors (Lipinski definition) is 4. The maximum atomic E-state index is 15.3. The molecular formula is C72H111IN12O13. The number of methoxy groups -OCH3 is 1. The molecule has 3 aliphatic rings. The molecule has 0 spiro atoms. The van der Waals surface area contributed by atoms with Crippen molar-refractivity contribution >= 4 is 93.5 Å². The van der Waals surface area contributed by atoms with E-state index in [9.17, 15) is 38.4 Å². The normalized spacial score (nSPS) is 24.8. The number of hydrogen-bond acceptors (Lipinski definition) is 13. The molecule has 26 heteroatoms. The number of nitrogens with zero attached hydrogens (tertiary/aromatic N) is 8. The molecule has 25 nitrogen and oxygen atoms in total. The second kappa shape index (κ2) is 38.9. The summed E-state index contributed by atoms with van der Waals surface area (Å²) in [5, 5.41) is 11.6. The van der Waals surface area contributed by atoms with Gasteiger partial charge in [0, 0.05) is 85.9 Å². The molecule has 12 amide bonds. The summed E-state index contributed by atoms with van der Waals surface area (Å²) in [7, 11) is 11.2. The third-order valence-electron chi connectivity index (χ3n) is 19.4. The summed E-state index contributed by atoms with van der Waals surface area (Å²) in [6.07, 6.45) is 6.83. The van der Waals surface area contributed by atoms with E-state index in [2.05, 4.69) is 43.9 Å². The van der Waals surface area contributed by atoms with Crippen molar-refractivity contribution in [3.05, 3.63) is 68.8 Å². The van der Waals surface area contributed by atoms with Gasteiger partial charge in [0.1, 0.15) is 48.3 Å². The Morgan fingerprint density at radius 3 is 1.72 bits per heavy atom. The highest BCUT2D eigenvalue weighted by molar-refractivity contribution is 14.1. The van der Waals surface area contributed by atoms with Crippen LogP contribution >= 0.6 is 22.6 Å². The molecule has 98 heavy (non-hydrogen) atoms. The Morgan fingerprint density at radius 2 is 1.12 bits per heavy atom. The summed E-state index contributed by atoms with van der Waals surface area (Å²) in [6.45, 7) is 11.8. The van der Waals surface area contributed by atoms with Crippen LogP contribution in [0.3, 0.4) is 0 Å². The van der Waals surface area contributed by atoms with Crippen LogP contribution in [0.1, 0.15) is 142 Å². The van der Waals surface area contributed by atoms with Crippen molar-refractivity contribution in [2.75, 3.05) is 95.8 Å². The molecule has 2 aromatic carbocycles. The number of likely N-dealkylation sites (tertiary alicyclic amines) is 1. The molecule has 544 valence electrons. The number of ether oxygens (including phenoxy) is 1. The summed E-state index contributed by atoms with van der Waals surface area (Å²) < 4.78 is 6.47. The lowest BCUT2D eigenvalue weighted by Crippen LogP contribution is -2.61. The summed E-state index contributed by atoms with van der Waals surface area (Å²) in [6, 6.07) is 4.49. The van der Waals surface area contributed by atoms with Gasteiger partial charge in [0.05, 0.1) is 32.7 Å². The van der Waals surface area contributed by atoms with E-state index >= 15 is 19.2 Å². The van der Waals surface area contributed by atoms with Crippen molar-refractivity contribution in [2.24, 2.45) is 23.7 Å². The Labute approximate surface area is 594 Å². The third-order valence-corrected chi connectivity index (χ3v) is 20.1. The number of rotatable bonds is 15. The standard InChI is InChI=1S/C72H111IN12O13/c1-16-48(7)64-72(97)80(10)42-62(88)78(8)43-63(89)82(12)57(39-50-30-28-47(6)29-31-50)70(95)79(9)41-60(86)74-53(38-51-26-23-27-52(73)36-51)65(90)75-55(37-49-24-19-17-20-25-49)69(94)84(14)59(44-98-15)67(92)76-54(34-45(2)3)68(93)83(13)58(71(96)85-32-21-18-22-33-85)40-61(87)81(11)56(35-46(4)5)66(91)77-64/h23,26-31,36,45-46,48-49,53-59,64H,16-22,24-25,32-35,37-44H2,1-15H3,(H,74,86)(H,75,90)(H,76,92)(H,77,91)/t48-,53-,54-,55+,56-,57-,58-,59-,64-/m0/s1. The minimum atomic E-state index is -1.41. The SMILES string of the molecule is CC[C@H](C)[C@@H]1NC(=O)[C@H](CC(C)C)N(C)C(=O)C[C@@H](C(=O)N2CCCCC2)N(C)C(=O)[C@H](CC(C)C)NC(=O)[C@H](COC)N(C)C(=O)[C@@H](CC2CCCCC2)NC(=O)[C@H](Cc2cccc(I)c2)NC(=O)CN(C)C(=O)[C@H](Cc2ccc(C)cc2)N(C)C(=O)CN(C)C(=O)CN(C)C1=O. The van der Waals surface area contributed by atoms with Crippen molar-refractivity contribution in [3.8, 4) is 0 Å². The monoisotopic (exact) mass is 1480 g/mol. The maximum Gasteiger partial charge on any atom is 0.245 e. The highest BCUT2D eigenvalue weighted by atomic mass is 127. The molecule has 5 rings (SSSR count). The Kier molecular flexibility index (Phi) is 32.4. The molecule has 0 aromatic heterocycles. The van der Waals surface area contributed by atoms with E-state index < -0.39 is 151 Å². The number of nitrogens with one attached hydrogen (secondary N) is 4. The predicted molar refractivity (Wildman–Crippen MR) is 381 cm³/mol. The second-order valence-corrected chi connectivity index (χ2v) is 29.5. The number of aryl methyl sites for hydroxylation is 1. The van der Waals surface area contributed by atoms with Crippen molar-refractivity contribution in [1.82, 2.24) is 60.5 Å². The molecule has 0 bridgehead atoms. The fourth-order valence-corrected chi connectivity index (χ4v) is 13.6. The van der Waals surface area contributed by atoms with Crippen LogP contribution in [-0.2, 0) is 75.1 Å². The average molecular weight is 1480 g/mol. The molecule has 4 N–H and O–H groups in total. The highest BCUT2D eigenvalue weighted by Crippen LogP contribution is 2.29. The van der Waals surface area contributed by atoms with Gasteiger partial charge in [0.2, 0.25) is 70.9 Å². The minimum Gasteiger partial charge on any atom is -0.382 e. The van der Waals surface area contributed by atoms with Crippen LogP contribution < -0.4 is 21.3 Å². The fraction of sp³-hybridized carbons (Fsp3) is 0.667. The van der Waals surface area contributed by atoms with Gasteiger partial charge in [-0.05, 0) is 115 Å². The van der Waals surface area contributed by atoms with Crippen molar-refractivity contribution in [1.29, 1.82) is 0 Å². The molecular weight excluding hydrogens is 1370 g/mol. The van der Waals surface area contributed by atoms with Crippen molar-refractivity contribution < 1.29 is 62.3 Å². The predicted octanol–water partition coefficient (Wildman–Crippen LogP) is 4.18. The molecule has 2 aromatic rings. The van der Waals surface area contributed by atoms with E-state index in [1.54, 1.807) is 17.9 Å². The fourth-order valence-electron chi connectivity index (χ4n) is 13.0. The number of benzene rings is 2. The zero-order valence-corrected chi connectivity index (χ0v) is 62.8. The zero-order chi connectivity index (χ0) is 72.8. The van der Waals surface area contributed by atoms with E-state index in [1.807, 2.05) is 84.0 Å². The molecule has 2 aliphatic heterocycles. The Bertz CT molecular complexity index is 3080. The molecule has 2 saturated heterocycles. The Hall–Kier alpha value is -7.23. The average Bonchev–Trinajstić information content (AvgIpc) is 0.828. The van der Waals surface area contributed by atoms with Gasteiger partial charge < -0.3 is 65.2 Å². The molecule has 2 heterocycles. The van der Waals surface area contributed by atoms with Crippen molar-refractivity contribution in [3.63, 3.8) is 0 Å². The number of carbonyl (C=O) groups is 12. The van der Waals surface area contributed by atoms with Gasteiger partial charge in [-0.1, -0.05) is 122 Å². The van der Waals surface area contributed by atoms with Crippen LogP contribution in [0.5, 0.6) is 0 Å². The Morgan fingerprint density at radius 1 is 0.551 bits per heavy atom. The van der Waals surface area contributed by atoms with E-state index in [0.717, 1.165) is 62.4 Å². The number of likely N-dealkylation sites (N-methyl/N-ethyl adjacent to an activating group) is 7. The maximum absolute atomic E-state index is 15.3. The second-order valence-electron chi connectivity index (χ2n) is 28.3. The largest absolute Gasteiger partial charge is 0.382 e. The molecule has 3 fully saturated rings. The lowest BCUT2D eigenvalue weighted by Gasteiger charge is -2.38. The summed E-state index contributed by atoms with van der Waals surface area (Å²) in [5.41, 5.74) is 2.32. The lowest BCUT2D eigenvalue weighted by molar-refractivity contribution is -0.151. The molecule has 9 atom stereocenters. The Balaban J connectivity index is 1.64. The topological polar surface area (TPSA) is 288 Å². The molecule has 0 unspecified atom stereocenters. The number of halogens is 1. The van der Waals surface area contributed by atoms with Gasteiger partial charge >= 0.3 is 0 Å². The minimum absolute atomic E-state index is 0.00229. The number of carbonyl (C=O) groups excluding carboxylic acids is 12. The summed E-state index contributed by atoms with van der Waals surface area (Å²) >= 11 is 2.15. The van der Waals surface area contributed by atoms with E-state index in [1.165, 1.54) is 76.0 Å². The van der Waals surface area contributed by atoms with Gasteiger partial charge in [-0.15, -0.1) is 0 Å². The zero-order valence-electron chi connectivity index (χ0n) is 60.7. The van der Waals surface area contributed by atoms with Gasteiger partial charge in [0.25, 0.3) is 0 Å². The van der Waals surface area contributed by atoms with Crippen LogP contribution in [0.4, 0.5) is 0 Å². The summed E-state index contributed by atoms with van der Waals surface area (Å²) in [4.78, 5) is 188. The first-order valence-corrected chi connectivity index (χ1v) is 35.9. The van der Waals surface area contributed by atoms with E-state index in [4.69, 9.17) is 4.74 Å². The van der Waals surface area contributed by atoms with Crippen LogP contribution in [0.15, 0.2) is 48.5 Å². The van der Waals surface area contributed by atoms with Crippen LogP contribution in [0.2, 0.25) is 0 Å². The highest BCUT2D eigenvalue weighted by Gasteiger charge is 2.43. The first-order chi connectivity index (χ1) is 46.3. The van der Waals surface area contributed by atoms with Crippen LogP contribution in [-0.4, -0.2) is 254 Å². The number of amides is 12. The molecule has 0 radical (unpaired) electrons. The molecule has 1 saturated carbocycles. The van der Waals surface area contributed by atoms with Gasteiger partial charge in [-0.3, -0.25) is 57.5 Å². The van der Waals surface area contributed by atoms with Crippen LogP contribution in [0.25, 0.3) is 0 Å². The lowest BCUT2D eigenvalue weighted by atomic mass is 9.84. The van der Waals surface area contributed by atoms with Crippen molar-refractivity contribution in [2.45, 2.75) is 193 Å². The summed E-state index contributed by atoms with van der Waals surface area (Å²) in [5.74, 6) is -8.79. The van der Waals surface area contributed by atoms with Gasteiger partial charge in [0.15, 0.2) is 0 Å². The van der Waals surface area contributed by atoms with Gasteiger partial charge in [-0.25, -0.2) is 0 Å². The first kappa shape index (κ1) is 81.4. The van der Waals surface area contributed by atoms with Gasteiger partial charge in [-0.2, -0.15) is 0 Å². The van der Waals surface area contributed by atoms with E-state index in [-0.39, 0.29) is 56.5 Å². The first-order valence-electron chi connectivity index (χ1n) is 34.8. The van der Waals surface area contributed by atoms with E-state index in [0.29, 0.717) is 43.5 Å². The third kappa shape index (κ3) is 23.7. The number of piperidine rings is 1. The smallest absolute Gasteiger partial charge is 0.245 e. The molecule has 1 aliphatic carbocycles. The quantitative estimate of drug-likeness (QED) is 0.182.